The van der Waals surface area contributed by atoms with E-state index >= 15 is 0 Å². The van der Waals surface area contributed by atoms with Crippen molar-refractivity contribution in [2.45, 2.75) is 25.6 Å². The van der Waals surface area contributed by atoms with Gasteiger partial charge in [0.2, 0.25) is 6.29 Å². The second-order valence-electron chi connectivity index (χ2n) is 2.93. The minimum absolute atomic E-state index is 0.278. The monoisotopic (exact) mass is 341 g/mol. The third-order valence-electron chi connectivity index (χ3n) is 1.56. The van der Waals surface area contributed by atoms with Gasteiger partial charge in [0.1, 0.15) is 5.04 Å². The molecule has 0 atom stereocenters. The van der Waals surface area contributed by atoms with Gasteiger partial charge in [0.25, 0.3) is 0 Å². The quantitative estimate of drug-likeness (QED) is 0.271. The van der Waals surface area contributed by atoms with E-state index in [0.29, 0.717) is 13.2 Å². The van der Waals surface area contributed by atoms with Crippen LogP contribution in [-0.2, 0) is 19.6 Å². The summed E-state index contributed by atoms with van der Waals surface area (Å²) in [6.45, 7) is 5.17. The average molecular weight is 341 g/mol. The molecule has 0 radical (unpaired) electrons. The highest BCUT2D eigenvalue weighted by molar-refractivity contribution is 8.13. The molecule has 122 valence electrons. The smallest absolute Gasteiger partial charge is 0.347 e. The van der Waals surface area contributed by atoms with E-state index < -0.39 is 15.6 Å². The van der Waals surface area contributed by atoms with Crippen LogP contribution in [-0.4, -0.2) is 56.3 Å². The summed E-state index contributed by atoms with van der Waals surface area (Å²) >= 11 is 1.56. The Morgan fingerprint density at radius 1 is 1.30 bits per heavy atom. The van der Waals surface area contributed by atoms with Gasteiger partial charge in [0.15, 0.2) is 0 Å². The zero-order valence-corrected chi connectivity index (χ0v) is 13.1. The first-order valence-electron chi connectivity index (χ1n) is 5.32. The lowest BCUT2D eigenvalue weighted by Gasteiger charge is -2.16. The number of nitrogens with zero attached hydrogens (tertiary/aromatic N) is 1. The fraction of sp³-hybridized carbons (Fsp3) is 0.889. The Balaban J connectivity index is 0. The van der Waals surface area contributed by atoms with Crippen molar-refractivity contribution in [3.05, 3.63) is 0 Å². The molecule has 0 aliphatic heterocycles. The molecule has 0 aromatic rings. The Kier molecular flexibility index (Phi) is 11.4. The first-order valence-corrected chi connectivity index (χ1v) is 7.99. The fourth-order valence-electron chi connectivity index (χ4n) is 0.786. The van der Waals surface area contributed by atoms with Gasteiger partial charge in [-0.1, -0.05) is 0 Å². The predicted octanol–water partition coefficient (Wildman–Crippen LogP) is 2.17. The van der Waals surface area contributed by atoms with Crippen molar-refractivity contribution in [2.24, 2.45) is 4.99 Å². The highest BCUT2D eigenvalue weighted by Crippen LogP contribution is 2.20. The molecule has 0 heterocycles. The summed E-state index contributed by atoms with van der Waals surface area (Å²) in [5.41, 5.74) is -5.53. The molecule has 0 saturated heterocycles. The molecule has 0 saturated carbocycles. The first-order chi connectivity index (χ1) is 9.04. The zero-order chi connectivity index (χ0) is 16.4. The highest BCUT2D eigenvalue weighted by atomic mass is 32.2. The largest absolute Gasteiger partial charge is 0.522 e. The minimum Gasteiger partial charge on any atom is -0.347 e. The Labute approximate surface area is 120 Å². The van der Waals surface area contributed by atoms with Crippen molar-refractivity contribution in [1.29, 1.82) is 0 Å². The molecule has 0 rings (SSSR count). The van der Waals surface area contributed by atoms with E-state index in [2.05, 4.69) is 4.99 Å². The molecule has 20 heavy (non-hydrogen) atoms. The molecule has 1 N–H and O–H groups in total. The predicted molar refractivity (Wildman–Crippen MR) is 71.5 cm³/mol. The number of halogens is 3. The molecular formula is C9H18F3NO5S2. The van der Waals surface area contributed by atoms with Gasteiger partial charge in [0, 0.05) is 20.3 Å². The van der Waals surface area contributed by atoms with Gasteiger partial charge in [-0.25, -0.2) is 0 Å². The van der Waals surface area contributed by atoms with Crippen molar-refractivity contribution >= 4 is 26.9 Å². The molecule has 6 nitrogen and oxygen atoms in total. The van der Waals surface area contributed by atoms with Crippen molar-refractivity contribution in [3.8, 4) is 0 Å². The number of alkyl halides is 3. The van der Waals surface area contributed by atoms with Crippen LogP contribution in [0.25, 0.3) is 0 Å². The van der Waals surface area contributed by atoms with E-state index in [4.69, 9.17) is 22.4 Å². The van der Waals surface area contributed by atoms with E-state index in [1.165, 1.54) is 0 Å². The van der Waals surface area contributed by atoms with E-state index in [1.54, 1.807) is 18.8 Å². The molecule has 0 aliphatic rings. The van der Waals surface area contributed by atoms with Gasteiger partial charge < -0.3 is 9.47 Å². The molecule has 11 heteroatoms. The van der Waals surface area contributed by atoms with Gasteiger partial charge in [-0.2, -0.15) is 21.6 Å². The summed E-state index contributed by atoms with van der Waals surface area (Å²) in [5, 5.41) is 0.888. The Morgan fingerprint density at radius 2 is 1.65 bits per heavy atom. The van der Waals surface area contributed by atoms with E-state index in [0.717, 1.165) is 5.04 Å². The highest BCUT2D eigenvalue weighted by Gasteiger charge is 2.44. The molecule has 0 fully saturated rings. The van der Waals surface area contributed by atoms with Crippen LogP contribution in [0.1, 0.15) is 13.8 Å². The number of hydrogen-bond acceptors (Lipinski definition) is 6. The van der Waals surface area contributed by atoms with Crippen molar-refractivity contribution in [1.82, 2.24) is 0 Å². The van der Waals surface area contributed by atoms with Crippen LogP contribution in [0.5, 0.6) is 0 Å². The van der Waals surface area contributed by atoms with Crippen LogP contribution in [0.2, 0.25) is 0 Å². The maximum atomic E-state index is 10.7. The van der Waals surface area contributed by atoms with E-state index in [9.17, 15) is 13.2 Å². The van der Waals surface area contributed by atoms with Gasteiger partial charge in [0.05, 0.1) is 0 Å². The van der Waals surface area contributed by atoms with Gasteiger partial charge in [-0.3, -0.25) is 9.55 Å². The van der Waals surface area contributed by atoms with Crippen LogP contribution in [0.15, 0.2) is 4.99 Å². The molecule has 0 aromatic heterocycles. The molecule has 0 unspecified atom stereocenters. The SMILES string of the molecule is CCOC(OCC)C(=NC)SC.O=S(=O)(O)C(F)(F)F. The van der Waals surface area contributed by atoms with Crippen LogP contribution in [0.4, 0.5) is 13.2 Å². The van der Waals surface area contributed by atoms with Gasteiger partial charge in [-0.05, 0) is 20.1 Å². The Bertz CT molecular complexity index is 378. The lowest BCUT2D eigenvalue weighted by molar-refractivity contribution is -0.0879. The summed E-state index contributed by atoms with van der Waals surface area (Å²) in [5.74, 6) is 0. The third-order valence-corrected chi connectivity index (χ3v) is 2.94. The zero-order valence-electron chi connectivity index (χ0n) is 11.5. The molecule has 0 aliphatic carbocycles. The molecule has 0 aromatic carbocycles. The summed E-state index contributed by atoms with van der Waals surface area (Å²) < 4.78 is 68.2. The number of ether oxygens (including phenoxy) is 2. The first kappa shape index (κ1) is 21.9. The lowest BCUT2D eigenvalue weighted by atomic mass is 10.6. The maximum Gasteiger partial charge on any atom is 0.522 e. The third kappa shape index (κ3) is 9.53. The number of hydrogen-bond donors (Lipinski definition) is 1. The summed E-state index contributed by atoms with van der Waals surface area (Å²) in [6, 6.07) is 0. The van der Waals surface area contributed by atoms with E-state index in [-0.39, 0.29) is 6.29 Å². The Morgan fingerprint density at radius 3 is 1.80 bits per heavy atom. The maximum absolute atomic E-state index is 10.7. The van der Waals surface area contributed by atoms with Gasteiger partial charge in [-0.15, -0.1) is 11.8 Å². The molecule has 0 spiro atoms. The van der Waals surface area contributed by atoms with Crippen molar-refractivity contribution in [3.63, 3.8) is 0 Å². The second kappa shape index (κ2) is 10.4. The number of rotatable bonds is 5. The van der Waals surface area contributed by atoms with E-state index in [1.807, 2.05) is 20.1 Å². The van der Waals surface area contributed by atoms with Crippen LogP contribution in [0, 0.1) is 0 Å². The molecule has 0 amide bonds. The normalized spacial score (nSPS) is 13.2. The van der Waals surface area contributed by atoms with Crippen molar-refractivity contribution in [2.75, 3.05) is 26.5 Å². The van der Waals surface area contributed by atoms with Crippen LogP contribution >= 0.6 is 11.8 Å². The minimum atomic E-state index is -5.84. The van der Waals surface area contributed by atoms with Crippen molar-refractivity contribution < 1.29 is 35.6 Å². The fourth-order valence-corrected chi connectivity index (χ4v) is 1.30. The van der Waals surface area contributed by atoms with Crippen LogP contribution < -0.4 is 0 Å². The summed E-state index contributed by atoms with van der Waals surface area (Å²) in [4.78, 5) is 4.07. The lowest BCUT2D eigenvalue weighted by Crippen LogP contribution is -2.25. The average Bonchev–Trinajstić information content (AvgIpc) is 2.29. The summed E-state index contributed by atoms with van der Waals surface area (Å²) in [6.07, 6.45) is 1.69. The number of aliphatic imine (C=N–C) groups is 1. The summed E-state index contributed by atoms with van der Waals surface area (Å²) in [7, 11) is -4.09. The van der Waals surface area contributed by atoms with Gasteiger partial charge >= 0.3 is 15.6 Å². The standard InChI is InChI=1S/C8H17NO2S.CHF3O3S/c1-5-10-8(11-6-2)7(9-3)12-4;2-1(3,4)8(5,6)7/h8H,5-6H2,1-4H3;(H,5,6,7). The molecule has 0 bridgehead atoms. The molecular weight excluding hydrogens is 323 g/mol. The topological polar surface area (TPSA) is 85.2 Å². The number of thioether (sulfide) groups is 1. The second-order valence-corrected chi connectivity index (χ2v) is 5.17. The Hall–Kier alpha value is -0.360. The van der Waals surface area contributed by atoms with Crippen LogP contribution in [0.3, 0.4) is 0 Å².